The summed E-state index contributed by atoms with van der Waals surface area (Å²) in [5.74, 6) is -1.20. The number of thiophene rings is 1. The third-order valence-corrected chi connectivity index (χ3v) is 5.16. The number of rotatable bonds is 8. The van der Waals surface area contributed by atoms with Crippen LogP contribution in [0.2, 0.25) is 0 Å². The van der Waals surface area contributed by atoms with Gasteiger partial charge in [-0.25, -0.2) is 4.79 Å². The molecule has 0 radical (unpaired) electrons. The molecular formula is C20H23NO6S. The van der Waals surface area contributed by atoms with E-state index in [4.69, 9.17) is 9.47 Å². The quantitative estimate of drug-likeness (QED) is 0.517. The summed E-state index contributed by atoms with van der Waals surface area (Å²) in [6.45, 7) is 3.79. The first-order valence-corrected chi connectivity index (χ1v) is 9.42. The van der Waals surface area contributed by atoms with Crippen molar-refractivity contribution >= 4 is 29.0 Å². The number of phenolic OH excluding ortho intramolecular Hbond substituents is 1. The van der Waals surface area contributed by atoms with E-state index in [0.29, 0.717) is 11.1 Å². The number of phenols is 1. The van der Waals surface area contributed by atoms with E-state index in [-0.39, 0.29) is 30.1 Å². The lowest BCUT2D eigenvalue weighted by molar-refractivity contribution is -0.145. The molecule has 1 atom stereocenters. The molecule has 2 aromatic rings. The highest BCUT2D eigenvalue weighted by molar-refractivity contribution is 7.12. The Hall–Kier alpha value is -2.87. The second-order valence-electron chi connectivity index (χ2n) is 6.21. The lowest BCUT2D eigenvalue weighted by Gasteiger charge is -2.17. The predicted octanol–water partition coefficient (Wildman–Crippen LogP) is 3.07. The molecule has 0 saturated carbocycles. The van der Waals surface area contributed by atoms with Gasteiger partial charge in [-0.05, 0) is 37.6 Å². The van der Waals surface area contributed by atoms with E-state index in [1.807, 2.05) is 19.9 Å². The molecule has 0 aliphatic rings. The van der Waals surface area contributed by atoms with Gasteiger partial charge in [0.1, 0.15) is 0 Å². The van der Waals surface area contributed by atoms with Crippen LogP contribution in [0.5, 0.6) is 11.5 Å². The Morgan fingerprint density at radius 1 is 1.14 bits per heavy atom. The second kappa shape index (κ2) is 9.36. The normalized spacial score (nSPS) is 11.6. The average molecular weight is 405 g/mol. The number of carbonyl (C=O) groups excluding carboxylic acids is 3. The number of amides is 1. The minimum absolute atomic E-state index is 0.0323. The van der Waals surface area contributed by atoms with E-state index in [1.165, 1.54) is 37.7 Å². The van der Waals surface area contributed by atoms with Crippen LogP contribution in [0.1, 0.15) is 44.6 Å². The minimum atomic E-state index is -1.10. The number of aromatic hydroxyl groups is 1. The summed E-state index contributed by atoms with van der Waals surface area (Å²) in [4.78, 5) is 38.7. The van der Waals surface area contributed by atoms with Crippen molar-refractivity contribution < 1.29 is 29.0 Å². The molecule has 7 nitrogen and oxygen atoms in total. The van der Waals surface area contributed by atoms with E-state index in [0.717, 1.165) is 9.75 Å². The van der Waals surface area contributed by atoms with Crippen molar-refractivity contribution in [1.29, 1.82) is 0 Å². The Kier molecular flexibility index (Phi) is 7.17. The highest BCUT2D eigenvalue weighted by Gasteiger charge is 2.25. The zero-order valence-corrected chi connectivity index (χ0v) is 17.0. The van der Waals surface area contributed by atoms with Crippen LogP contribution in [0.3, 0.4) is 0 Å². The Balaban J connectivity index is 2.07. The first-order valence-electron chi connectivity index (χ1n) is 8.61. The summed E-state index contributed by atoms with van der Waals surface area (Å²) in [5.41, 5.74) is 0.967. The molecule has 0 bridgehead atoms. The monoisotopic (exact) mass is 405 g/mol. The topological polar surface area (TPSA) is 102 Å². The van der Waals surface area contributed by atoms with Crippen molar-refractivity contribution in [2.24, 2.45) is 0 Å². The van der Waals surface area contributed by atoms with Gasteiger partial charge in [-0.1, -0.05) is 6.07 Å². The number of Topliss-reactive ketones (excluding diaryl/α,β-unsaturated/α-hetero) is 1. The number of ether oxygens (including phenoxy) is 2. The molecule has 0 spiro atoms. The largest absolute Gasteiger partial charge is 0.504 e. The van der Waals surface area contributed by atoms with Gasteiger partial charge in [-0.3, -0.25) is 9.59 Å². The molecule has 1 heterocycles. The zero-order chi connectivity index (χ0) is 20.8. The van der Waals surface area contributed by atoms with Gasteiger partial charge in [0.25, 0.3) is 0 Å². The maximum absolute atomic E-state index is 12.3. The first-order chi connectivity index (χ1) is 13.3. The SMILES string of the molecule is COC(=O)[C@H](NC(=O)CCC(=O)c1cc(C)sc1C)c1ccc(OC)c(O)c1. The van der Waals surface area contributed by atoms with Crippen LogP contribution < -0.4 is 10.1 Å². The molecule has 1 aromatic heterocycles. The van der Waals surface area contributed by atoms with Crippen LogP contribution in [0.4, 0.5) is 0 Å². The lowest BCUT2D eigenvalue weighted by Crippen LogP contribution is -2.34. The molecule has 2 rings (SSSR count). The smallest absolute Gasteiger partial charge is 0.333 e. The number of hydrogen-bond donors (Lipinski definition) is 2. The Morgan fingerprint density at radius 2 is 1.86 bits per heavy atom. The standard InChI is InChI=1S/C20H23NO6S/c1-11-9-14(12(2)28-11)15(22)6-8-18(24)21-19(20(25)27-4)13-5-7-17(26-3)16(23)10-13/h5,7,9-10,19,23H,6,8H2,1-4H3,(H,21,24)/t19-/m1/s1. The van der Waals surface area contributed by atoms with Crippen LogP contribution in [0.25, 0.3) is 0 Å². The van der Waals surface area contributed by atoms with Gasteiger partial charge in [-0.2, -0.15) is 0 Å². The van der Waals surface area contributed by atoms with Gasteiger partial charge in [0.2, 0.25) is 5.91 Å². The first kappa shape index (κ1) is 21.4. The van der Waals surface area contributed by atoms with Gasteiger partial charge in [0.05, 0.1) is 14.2 Å². The predicted molar refractivity (Wildman–Crippen MR) is 105 cm³/mol. The molecule has 0 aliphatic carbocycles. The van der Waals surface area contributed by atoms with Crippen LogP contribution >= 0.6 is 11.3 Å². The Bertz CT molecular complexity index is 889. The number of benzene rings is 1. The summed E-state index contributed by atoms with van der Waals surface area (Å²) in [7, 11) is 2.61. The van der Waals surface area contributed by atoms with Gasteiger partial charge in [-0.15, -0.1) is 11.3 Å². The number of esters is 1. The summed E-state index contributed by atoms with van der Waals surface area (Å²) in [5, 5.41) is 12.5. The fourth-order valence-corrected chi connectivity index (χ4v) is 3.73. The van der Waals surface area contributed by atoms with Crippen LogP contribution in [-0.4, -0.2) is 37.0 Å². The highest BCUT2D eigenvalue weighted by Crippen LogP contribution is 2.29. The molecule has 150 valence electrons. The van der Waals surface area contributed by atoms with E-state index < -0.39 is 17.9 Å². The maximum atomic E-state index is 12.3. The van der Waals surface area contributed by atoms with Gasteiger partial charge < -0.3 is 19.9 Å². The number of methoxy groups -OCH3 is 2. The summed E-state index contributed by atoms with van der Waals surface area (Å²) >= 11 is 1.53. The van der Waals surface area contributed by atoms with E-state index in [2.05, 4.69) is 5.32 Å². The Labute approximate surface area is 167 Å². The number of aryl methyl sites for hydroxylation is 2. The van der Waals surface area contributed by atoms with Crippen molar-refractivity contribution in [2.75, 3.05) is 14.2 Å². The molecule has 0 unspecified atom stereocenters. The average Bonchev–Trinajstić information content (AvgIpc) is 3.01. The van der Waals surface area contributed by atoms with Gasteiger partial charge in [0.15, 0.2) is 23.3 Å². The fourth-order valence-electron chi connectivity index (χ4n) is 2.79. The van der Waals surface area contributed by atoms with E-state index >= 15 is 0 Å². The lowest BCUT2D eigenvalue weighted by atomic mass is 10.0. The fraction of sp³-hybridized carbons (Fsp3) is 0.350. The van der Waals surface area contributed by atoms with Crippen molar-refractivity contribution in [1.82, 2.24) is 5.32 Å². The van der Waals surface area contributed by atoms with E-state index in [1.54, 1.807) is 6.07 Å². The molecule has 0 saturated heterocycles. The number of carbonyl (C=O) groups is 3. The van der Waals surface area contributed by atoms with Crippen LogP contribution in [0, 0.1) is 13.8 Å². The molecule has 2 N–H and O–H groups in total. The third kappa shape index (κ3) is 5.10. The minimum Gasteiger partial charge on any atom is -0.504 e. The van der Waals surface area contributed by atoms with Gasteiger partial charge >= 0.3 is 5.97 Å². The molecule has 0 aliphatic heterocycles. The maximum Gasteiger partial charge on any atom is 0.333 e. The van der Waals surface area contributed by atoms with Crippen molar-refractivity contribution in [3.05, 3.63) is 45.1 Å². The Morgan fingerprint density at radius 3 is 2.39 bits per heavy atom. The number of hydrogen-bond acceptors (Lipinski definition) is 7. The zero-order valence-electron chi connectivity index (χ0n) is 16.2. The number of nitrogens with one attached hydrogen (secondary N) is 1. The molecule has 1 aromatic carbocycles. The molecule has 0 fully saturated rings. The molecule has 28 heavy (non-hydrogen) atoms. The molecule has 1 amide bonds. The van der Waals surface area contributed by atoms with Gasteiger partial charge in [0, 0.05) is 28.2 Å². The van der Waals surface area contributed by atoms with Crippen LogP contribution in [-0.2, 0) is 14.3 Å². The van der Waals surface area contributed by atoms with Crippen molar-refractivity contribution in [2.45, 2.75) is 32.7 Å². The number of ketones is 1. The summed E-state index contributed by atoms with van der Waals surface area (Å²) in [6, 6.07) is 5.07. The van der Waals surface area contributed by atoms with Crippen LogP contribution in [0.15, 0.2) is 24.3 Å². The van der Waals surface area contributed by atoms with Crippen molar-refractivity contribution in [3.63, 3.8) is 0 Å². The van der Waals surface area contributed by atoms with E-state index in [9.17, 15) is 19.5 Å². The highest BCUT2D eigenvalue weighted by atomic mass is 32.1. The second-order valence-corrected chi connectivity index (χ2v) is 7.67. The summed E-state index contributed by atoms with van der Waals surface area (Å²) < 4.78 is 9.72. The third-order valence-electron chi connectivity index (χ3n) is 4.20. The summed E-state index contributed by atoms with van der Waals surface area (Å²) in [6.07, 6.45) is -0.0343. The molecular weight excluding hydrogens is 382 g/mol. The van der Waals surface area contributed by atoms with Crippen molar-refractivity contribution in [3.8, 4) is 11.5 Å². The molecule has 8 heteroatoms.